The van der Waals surface area contributed by atoms with Crippen molar-refractivity contribution in [3.8, 4) is 0 Å². The molecule has 1 aromatic heterocycles. The zero-order valence-electron chi connectivity index (χ0n) is 12.3. The van der Waals surface area contributed by atoms with Gasteiger partial charge in [-0.15, -0.1) is 0 Å². The molecule has 3 rings (SSSR count). The van der Waals surface area contributed by atoms with Crippen LogP contribution in [-0.4, -0.2) is 36.0 Å². The summed E-state index contributed by atoms with van der Waals surface area (Å²) in [5.74, 6) is 0.996. The van der Waals surface area contributed by atoms with Crippen LogP contribution in [-0.2, 0) is 10.0 Å². The Morgan fingerprint density at radius 1 is 1.36 bits per heavy atom. The van der Waals surface area contributed by atoms with Crippen molar-refractivity contribution in [2.24, 2.45) is 0 Å². The molecule has 118 valence electrons. The Balaban J connectivity index is 1.87. The molecule has 0 unspecified atom stereocenters. The largest absolute Gasteiger partial charge is 0.339 e. The van der Waals surface area contributed by atoms with Crippen LogP contribution in [0.3, 0.4) is 0 Å². The Bertz CT molecular complexity index is 803. The first-order valence-electron chi connectivity index (χ1n) is 6.95. The molecule has 1 atom stereocenters. The molecule has 0 radical (unpaired) electrons. The van der Waals surface area contributed by atoms with Gasteiger partial charge in [0.05, 0.1) is 10.8 Å². The fourth-order valence-electron chi connectivity index (χ4n) is 2.63. The van der Waals surface area contributed by atoms with Crippen LogP contribution in [0.25, 0.3) is 0 Å². The highest BCUT2D eigenvalue weighted by molar-refractivity contribution is 7.89. The molecule has 2 heterocycles. The molecule has 0 saturated carbocycles. The van der Waals surface area contributed by atoms with Gasteiger partial charge in [-0.25, -0.2) is 8.42 Å². The summed E-state index contributed by atoms with van der Waals surface area (Å²) in [6.07, 6.45) is 0.667. The normalized spacial score (nSPS) is 19.7. The Morgan fingerprint density at radius 3 is 2.82 bits per heavy atom. The maximum atomic E-state index is 12.8. The number of benzene rings is 1. The van der Waals surface area contributed by atoms with E-state index in [1.54, 1.807) is 32.0 Å². The van der Waals surface area contributed by atoms with Gasteiger partial charge in [0.15, 0.2) is 5.82 Å². The van der Waals surface area contributed by atoms with Crippen molar-refractivity contribution < 1.29 is 12.9 Å². The lowest BCUT2D eigenvalue weighted by Gasteiger charge is -2.18. The molecule has 0 N–H and O–H groups in total. The number of aryl methyl sites for hydroxylation is 1. The van der Waals surface area contributed by atoms with E-state index in [0.29, 0.717) is 41.8 Å². The van der Waals surface area contributed by atoms with Crippen molar-refractivity contribution >= 4 is 21.6 Å². The number of halogens is 1. The second-order valence-electron chi connectivity index (χ2n) is 5.39. The summed E-state index contributed by atoms with van der Waals surface area (Å²) in [4.78, 5) is 4.45. The topological polar surface area (TPSA) is 76.3 Å². The summed E-state index contributed by atoms with van der Waals surface area (Å²) in [6.45, 7) is 4.23. The number of hydrogen-bond acceptors (Lipinski definition) is 5. The molecular formula is C14H16ClN3O3S. The van der Waals surface area contributed by atoms with E-state index in [1.165, 1.54) is 4.31 Å². The van der Waals surface area contributed by atoms with E-state index >= 15 is 0 Å². The summed E-state index contributed by atoms with van der Waals surface area (Å²) in [5, 5.41) is 4.21. The van der Waals surface area contributed by atoms with Crippen molar-refractivity contribution in [3.05, 3.63) is 40.5 Å². The molecular weight excluding hydrogens is 326 g/mol. The number of rotatable bonds is 3. The first-order valence-corrected chi connectivity index (χ1v) is 8.77. The zero-order chi connectivity index (χ0) is 15.9. The fourth-order valence-corrected chi connectivity index (χ4v) is 4.61. The smallest absolute Gasteiger partial charge is 0.243 e. The highest BCUT2D eigenvalue weighted by atomic mass is 35.5. The lowest BCUT2D eigenvalue weighted by atomic mass is 10.1. The Kier molecular flexibility index (Phi) is 3.96. The molecule has 0 aliphatic carbocycles. The van der Waals surface area contributed by atoms with Crippen molar-refractivity contribution in [1.29, 1.82) is 0 Å². The minimum atomic E-state index is -3.57. The number of nitrogens with zero attached hydrogens (tertiary/aromatic N) is 3. The van der Waals surface area contributed by atoms with Crippen LogP contribution in [0.4, 0.5) is 0 Å². The van der Waals surface area contributed by atoms with E-state index in [2.05, 4.69) is 10.1 Å². The summed E-state index contributed by atoms with van der Waals surface area (Å²) in [6, 6.07) is 4.92. The minimum absolute atomic E-state index is 0.0598. The molecule has 2 aromatic rings. The average Bonchev–Trinajstić information content (AvgIpc) is 3.10. The third-order valence-electron chi connectivity index (χ3n) is 3.88. The minimum Gasteiger partial charge on any atom is -0.339 e. The van der Waals surface area contributed by atoms with E-state index in [-0.39, 0.29) is 10.8 Å². The van der Waals surface area contributed by atoms with Crippen LogP contribution in [0, 0.1) is 13.8 Å². The zero-order valence-corrected chi connectivity index (χ0v) is 13.9. The average molecular weight is 342 g/mol. The second kappa shape index (κ2) is 5.64. The van der Waals surface area contributed by atoms with Gasteiger partial charge in [-0.1, -0.05) is 22.8 Å². The van der Waals surface area contributed by atoms with Gasteiger partial charge in [0, 0.05) is 18.1 Å². The van der Waals surface area contributed by atoms with Gasteiger partial charge in [-0.05, 0) is 38.0 Å². The molecule has 22 heavy (non-hydrogen) atoms. The third-order valence-corrected chi connectivity index (χ3v) is 6.30. The van der Waals surface area contributed by atoms with E-state index in [0.717, 1.165) is 0 Å². The molecule has 1 aliphatic heterocycles. The monoisotopic (exact) mass is 341 g/mol. The van der Waals surface area contributed by atoms with Crippen LogP contribution in [0.5, 0.6) is 0 Å². The number of aromatic nitrogens is 2. The summed E-state index contributed by atoms with van der Waals surface area (Å²) in [7, 11) is -3.57. The summed E-state index contributed by atoms with van der Waals surface area (Å²) >= 11 is 6.04. The van der Waals surface area contributed by atoms with Gasteiger partial charge in [0.25, 0.3) is 0 Å². The van der Waals surface area contributed by atoms with E-state index in [4.69, 9.17) is 16.1 Å². The lowest BCUT2D eigenvalue weighted by Crippen LogP contribution is -2.29. The van der Waals surface area contributed by atoms with Gasteiger partial charge >= 0.3 is 0 Å². The van der Waals surface area contributed by atoms with Crippen LogP contribution in [0.1, 0.15) is 29.6 Å². The molecule has 0 bridgehead atoms. The Morgan fingerprint density at radius 2 is 2.14 bits per heavy atom. The number of hydrogen-bond donors (Lipinski definition) is 0. The highest BCUT2D eigenvalue weighted by Gasteiger charge is 2.36. The van der Waals surface area contributed by atoms with Gasteiger partial charge in [0.2, 0.25) is 15.9 Å². The lowest BCUT2D eigenvalue weighted by molar-refractivity contribution is 0.351. The quantitative estimate of drug-likeness (QED) is 0.857. The fraction of sp³-hybridized carbons (Fsp3) is 0.429. The van der Waals surface area contributed by atoms with Crippen LogP contribution in [0.2, 0.25) is 5.02 Å². The van der Waals surface area contributed by atoms with Gasteiger partial charge in [-0.2, -0.15) is 9.29 Å². The SMILES string of the molecule is Cc1noc([C@@H]2CCN(S(=O)(=O)c3cccc(Cl)c3C)C2)n1. The first kappa shape index (κ1) is 15.5. The maximum Gasteiger partial charge on any atom is 0.243 e. The van der Waals surface area contributed by atoms with Crippen molar-refractivity contribution in [1.82, 2.24) is 14.4 Å². The third kappa shape index (κ3) is 2.64. The van der Waals surface area contributed by atoms with Crippen molar-refractivity contribution in [2.45, 2.75) is 31.1 Å². The second-order valence-corrected chi connectivity index (χ2v) is 7.71. The van der Waals surface area contributed by atoms with E-state index < -0.39 is 10.0 Å². The van der Waals surface area contributed by atoms with E-state index in [9.17, 15) is 8.42 Å². The standard InChI is InChI=1S/C14H16ClN3O3S/c1-9-12(15)4-3-5-13(9)22(19,20)18-7-6-11(8-18)14-16-10(2)17-21-14/h3-5,11H,6-8H2,1-2H3/t11-/m1/s1. The predicted octanol–water partition coefficient (Wildman–Crippen LogP) is 2.52. The predicted molar refractivity (Wildman–Crippen MR) is 81.3 cm³/mol. The highest BCUT2D eigenvalue weighted by Crippen LogP contribution is 2.32. The van der Waals surface area contributed by atoms with Gasteiger partial charge in [-0.3, -0.25) is 0 Å². The van der Waals surface area contributed by atoms with Gasteiger partial charge < -0.3 is 4.52 Å². The maximum absolute atomic E-state index is 12.8. The first-order chi connectivity index (χ1) is 10.4. The number of sulfonamides is 1. The van der Waals surface area contributed by atoms with Crippen LogP contribution >= 0.6 is 11.6 Å². The van der Waals surface area contributed by atoms with Crippen LogP contribution in [0.15, 0.2) is 27.6 Å². The summed E-state index contributed by atoms with van der Waals surface area (Å²) < 4.78 is 32.2. The Hall–Kier alpha value is -1.44. The van der Waals surface area contributed by atoms with Gasteiger partial charge in [0.1, 0.15) is 0 Å². The molecule has 0 spiro atoms. The summed E-state index contributed by atoms with van der Waals surface area (Å²) in [5.41, 5.74) is 0.571. The van der Waals surface area contributed by atoms with Crippen molar-refractivity contribution in [3.63, 3.8) is 0 Å². The van der Waals surface area contributed by atoms with Crippen LogP contribution < -0.4 is 0 Å². The Labute approximate surface area is 134 Å². The molecule has 1 aromatic carbocycles. The van der Waals surface area contributed by atoms with Crippen molar-refractivity contribution in [2.75, 3.05) is 13.1 Å². The molecule has 0 amide bonds. The molecule has 1 aliphatic rings. The molecule has 1 fully saturated rings. The molecule has 1 saturated heterocycles. The molecule has 6 nitrogen and oxygen atoms in total. The van der Waals surface area contributed by atoms with E-state index in [1.807, 2.05) is 0 Å². The molecule has 8 heteroatoms.